The van der Waals surface area contributed by atoms with Gasteiger partial charge in [0.25, 0.3) is 5.91 Å². The Morgan fingerprint density at radius 2 is 2.26 bits per heavy atom. The number of halogens is 1. The number of carbonyl (C=O) groups is 1. The number of hydrogen-bond acceptors (Lipinski definition) is 5. The predicted molar refractivity (Wildman–Crippen MR) is 67.9 cm³/mol. The smallest absolute Gasteiger partial charge is 0.298 e. The van der Waals surface area contributed by atoms with Gasteiger partial charge in [0.05, 0.1) is 4.92 Å². The fraction of sp³-hybridized carbons (Fsp3) is 0.0909. The largest absolute Gasteiger partial charge is 0.304 e. The summed E-state index contributed by atoms with van der Waals surface area (Å²) >= 11 is 1.28. The first-order chi connectivity index (χ1) is 8.97. The summed E-state index contributed by atoms with van der Waals surface area (Å²) in [4.78, 5) is 26.2. The van der Waals surface area contributed by atoms with Crippen LogP contribution in [0.3, 0.4) is 0 Å². The van der Waals surface area contributed by atoms with E-state index in [-0.39, 0.29) is 5.56 Å². The van der Waals surface area contributed by atoms with Gasteiger partial charge in [0.2, 0.25) is 5.82 Å². The molecule has 2 rings (SSSR count). The van der Waals surface area contributed by atoms with Crippen LogP contribution in [0.2, 0.25) is 0 Å². The molecule has 0 saturated carbocycles. The van der Waals surface area contributed by atoms with Gasteiger partial charge in [-0.3, -0.25) is 20.2 Å². The standard InChI is InChI=1S/C11H8FN3O3S/c1-6-5-13-11(19-6)14-10(16)7-2-3-9(15(17)18)8(12)4-7/h2-5H,1H3,(H,13,14,16). The van der Waals surface area contributed by atoms with Crippen molar-refractivity contribution in [3.8, 4) is 0 Å². The third kappa shape index (κ3) is 2.91. The van der Waals surface area contributed by atoms with Crippen LogP contribution in [0.5, 0.6) is 0 Å². The van der Waals surface area contributed by atoms with E-state index in [1.165, 1.54) is 17.4 Å². The van der Waals surface area contributed by atoms with Crippen molar-refractivity contribution in [2.75, 3.05) is 5.32 Å². The molecule has 0 fully saturated rings. The summed E-state index contributed by atoms with van der Waals surface area (Å²) in [5.74, 6) is -1.61. The van der Waals surface area contributed by atoms with Crippen LogP contribution in [0.4, 0.5) is 15.2 Å². The van der Waals surface area contributed by atoms with Crippen molar-refractivity contribution in [2.24, 2.45) is 0 Å². The molecule has 0 spiro atoms. The van der Waals surface area contributed by atoms with Crippen molar-refractivity contribution in [3.05, 3.63) is 50.8 Å². The molecule has 1 heterocycles. The zero-order chi connectivity index (χ0) is 14.0. The number of nitro benzene ring substituents is 1. The summed E-state index contributed by atoms with van der Waals surface area (Å²) in [6.07, 6.45) is 1.59. The first-order valence-electron chi connectivity index (χ1n) is 5.15. The number of aromatic nitrogens is 1. The van der Waals surface area contributed by atoms with Gasteiger partial charge in [0.1, 0.15) is 0 Å². The van der Waals surface area contributed by atoms with Gasteiger partial charge in [-0.25, -0.2) is 4.98 Å². The van der Waals surface area contributed by atoms with E-state index in [2.05, 4.69) is 10.3 Å². The maximum Gasteiger partial charge on any atom is 0.304 e. The Balaban J connectivity index is 2.20. The molecule has 0 aliphatic carbocycles. The fourth-order valence-electron chi connectivity index (χ4n) is 1.38. The highest BCUT2D eigenvalue weighted by atomic mass is 32.1. The Kier molecular flexibility index (Phi) is 3.52. The van der Waals surface area contributed by atoms with Gasteiger partial charge in [-0.05, 0) is 19.1 Å². The third-order valence-electron chi connectivity index (χ3n) is 2.25. The number of amides is 1. The normalized spacial score (nSPS) is 10.2. The molecule has 0 radical (unpaired) electrons. The molecule has 0 saturated heterocycles. The lowest BCUT2D eigenvalue weighted by Gasteiger charge is -2.02. The lowest BCUT2D eigenvalue weighted by atomic mass is 10.2. The van der Waals surface area contributed by atoms with Crippen molar-refractivity contribution < 1.29 is 14.1 Å². The zero-order valence-corrected chi connectivity index (χ0v) is 10.5. The maximum absolute atomic E-state index is 13.4. The van der Waals surface area contributed by atoms with E-state index in [1.807, 2.05) is 6.92 Å². The van der Waals surface area contributed by atoms with Crippen LogP contribution in [-0.2, 0) is 0 Å². The maximum atomic E-state index is 13.4. The molecule has 2 aromatic rings. The molecule has 6 nitrogen and oxygen atoms in total. The second kappa shape index (κ2) is 5.11. The van der Waals surface area contributed by atoms with E-state index in [1.54, 1.807) is 6.20 Å². The van der Waals surface area contributed by atoms with Crippen LogP contribution in [0.15, 0.2) is 24.4 Å². The minimum atomic E-state index is -1.05. The minimum absolute atomic E-state index is 0.00375. The van der Waals surface area contributed by atoms with Crippen LogP contribution in [0.1, 0.15) is 15.2 Å². The average Bonchev–Trinajstić information content (AvgIpc) is 2.74. The third-order valence-corrected chi connectivity index (χ3v) is 3.08. The van der Waals surface area contributed by atoms with Gasteiger partial charge in [-0.2, -0.15) is 4.39 Å². The summed E-state index contributed by atoms with van der Waals surface area (Å²) < 4.78 is 13.4. The van der Waals surface area contributed by atoms with Gasteiger partial charge in [-0.15, -0.1) is 11.3 Å². The van der Waals surface area contributed by atoms with Crippen molar-refractivity contribution >= 4 is 28.1 Å². The second-order valence-corrected chi connectivity index (χ2v) is 4.89. The summed E-state index contributed by atoms with van der Waals surface area (Å²) in [6, 6.07) is 2.97. The molecule has 0 bridgehead atoms. The highest BCUT2D eigenvalue weighted by Crippen LogP contribution is 2.20. The molecule has 0 aliphatic rings. The number of thiazole rings is 1. The van der Waals surface area contributed by atoms with E-state index in [0.29, 0.717) is 5.13 Å². The van der Waals surface area contributed by atoms with E-state index < -0.39 is 22.3 Å². The van der Waals surface area contributed by atoms with Crippen molar-refractivity contribution in [3.63, 3.8) is 0 Å². The van der Waals surface area contributed by atoms with Gasteiger partial charge in [-0.1, -0.05) is 0 Å². The molecule has 8 heteroatoms. The number of anilines is 1. The number of hydrogen-bond donors (Lipinski definition) is 1. The molecular weight excluding hydrogens is 273 g/mol. The second-order valence-electron chi connectivity index (χ2n) is 3.65. The number of nitrogens with one attached hydrogen (secondary N) is 1. The first kappa shape index (κ1) is 13.1. The van der Waals surface area contributed by atoms with Gasteiger partial charge < -0.3 is 0 Å². The SMILES string of the molecule is Cc1cnc(NC(=O)c2ccc([N+](=O)[O-])c(F)c2)s1. The Labute approximate surface area is 111 Å². The Hall–Kier alpha value is -2.35. The van der Waals surface area contributed by atoms with Crippen molar-refractivity contribution in [2.45, 2.75) is 6.92 Å². The predicted octanol–water partition coefficient (Wildman–Crippen LogP) is 2.75. The molecule has 1 aromatic carbocycles. The van der Waals surface area contributed by atoms with Crippen molar-refractivity contribution in [1.29, 1.82) is 0 Å². The number of nitrogens with zero attached hydrogens (tertiary/aromatic N) is 2. The number of carbonyl (C=O) groups excluding carboxylic acids is 1. The molecule has 1 amide bonds. The van der Waals surface area contributed by atoms with E-state index in [0.717, 1.165) is 17.0 Å². The lowest BCUT2D eigenvalue weighted by molar-refractivity contribution is -0.387. The Bertz CT molecular complexity index is 656. The molecular formula is C11H8FN3O3S. The quantitative estimate of drug-likeness (QED) is 0.692. The lowest BCUT2D eigenvalue weighted by Crippen LogP contribution is -2.12. The molecule has 19 heavy (non-hydrogen) atoms. The van der Waals surface area contributed by atoms with Crippen LogP contribution in [-0.4, -0.2) is 15.8 Å². The zero-order valence-electron chi connectivity index (χ0n) is 9.71. The van der Waals surface area contributed by atoms with Gasteiger partial charge in [0.15, 0.2) is 5.13 Å². The number of rotatable bonds is 3. The molecule has 98 valence electrons. The molecule has 0 unspecified atom stereocenters. The molecule has 1 aromatic heterocycles. The summed E-state index contributed by atoms with van der Waals surface area (Å²) in [6.45, 7) is 1.83. The monoisotopic (exact) mass is 281 g/mol. The topological polar surface area (TPSA) is 85.1 Å². The van der Waals surface area contributed by atoms with Crippen LogP contribution < -0.4 is 5.32 Å². The number of nitro groups is 1. The van der Waals surface area contributed by atoms with Crippen molar-refractivity contribution in [1.82, 2.24) is 4.98 Å². The van der Waals surface area contributed by atoms with Crippen LogP contribution in [0.25, 0.3) is 0 Å². The molecule has 0 atom stereocenters. The highest BCUT2D eigenvalue weighted by Gasteiger charge is 2.17. The minimum Gasteiger partial charge on any atom is -0.298 e. The van der Waals surface area contributed by atoms with E-state index in [9.17, 15) is 19.3 Å². The molecule has 0 aliphatic heterocycles. The number of benzene rings is 1. The van der Waals surface area contributed by atoms with Crippen LogP contribution in [0, 0.1) is 22.9 Å². The highest BCUT2D eigenvalue weighted by molar-refractivity contribution is 7.15. The first-order valence-corrected chi connectivity index (χ1v) is 5.97. The average molecular weight is 281 g/mol. The fourth-order valence-corrected chi connectivity index (χ4v) is 2.04. The summed E-state index contributed by atoms with van der Waals surface area (Å²) in [7, 11) is 0. The van der Waals surface area contributed by atoms with E-state index in [4.69, 9.17) is 0 Å². The Morgan fingerprint density at radius 3 is 2.79 bits per heavy atom. The van der Waals surface area contributed by atoms with Gasteiger partial charge >= 0.3 is 5.69 Å². The number of aryl methyl sites for hydroxylation is 1. The Morgan fingerprint density at radius 1 is 1.53 bits per heavy atom. The van der Waals surface area contributed by atoms with Crippen LogP contribution >= 0.6 is 11.3 Å². The summed E-state index contributed by atoms with van der Waals surface area (Å²) in [5.41, 5.74) is -0.669. The molecule has 1 N–H and O–H groups in total. The van der Waals surface area contributed by atoms with Gasteiger partial charge in [0, 0.05) is 22.7 Å². The van der Waals surface area contributed by atoms with E-state index >= 15 is 0 Å². The summed E-state index contributed by atoms with van der Waals surface area (Å²) in [5, 5.41) is 13.3.